The molecule has 0 amide bonds. The van der Waals surface area contributed by atoms with Crippen LogP contribution in [0.25, 0.3) is 11.1 Å². The molecule has 0 fully saturated rings. The molecule has 0 spiro atoms. The van der Waals surface area contributed by atoms with E-state index >= 15 is 0 Å². The van der Waals surface area contributed by atoms with Crippen molar-refractivity contribution in [3.8, 4) is 57.1 Å². The Morgan fingerprint density at radius 1 is 0.469 bits per heavy atom. The fourth-order valence-electron chi connectivity index (χ4n) is 6.23. The molecule has 8 nitrogen and oxygen atoms in total. The summed E-state index contributed by atoms with van der Waals surface area (Å²) in [6.07, 6.45) is 1.39. The minimum absolute atomic E-state index is 0.392. The highest BCUT2D eigenvalue weighted by Gasteiger charge is 2.28. The minimum atomic E-state index is -0.750. The lowest BCUT2D eigenvalue weighted by Gasteiger charge is -2.24. The number of methoxy groups -OCH3 is 6. The average Bonchev–Trinajstić information content (AvgIpc) is 3.09. The summed E-state index contributed by atoms with van der Waals surface area (Å²) in [5, 5.41) is 0. The Balaban J connectivity index is 0.00000128. The lowest BCUT2D eigenvalue weighted by atomic mass is 9.92. The van der Waals surface area contributed by atoms with Crippen molar-refractivity contribution in [2.75, 3.05) is 55.9 Å². The largest absolute Gasteiger partial charge is 0.496 e. The van der Waals surface area contributed by atoms with Gasteiger partial charge in [-0.2, -0.15) is 0 Å². The summed E-state index contributed by atoms with van der Waals surface area (Å²) in [7, 11) is 9.94. The van der Waals surface area contributed by atoms with E-state index in [4.69, 9.17) is 72.7 Å². The average molecular weight is 734 g/mol. The number of benzene rings is 4. The highest BCUT2D eigenvalue weighted by Crippen LogP contribution is 2.48. The second kappa shape index (κ2) is 17.7. The molecule has 49 heavy (non-hydrogen) atoms. The molecule has 8 bridgehead atoms. The standard InChI is InChI=1S/C37H42O8.CHCl3/c1-9-44-30-13-11-22-15-24(30)17-26-32(38-3)20-34(40-5)28(36(26)42-7)19-29-35(41-6)21-33(39-4)27(37(29)43-8)18-25-16-23(22)12-14-31(25)45-10-2;2-1(3)4/h11-16,20-21H,9-10,17-19H2,1-8H3;1H. The smallest absolute Gasteiger partial charge is 0.180 e. The molecule has 0 aliphatic heterocycles. The number of fused-ring (bicyclic) bond motifs is 9. The van der Waals surface area contributed by atoms with Crippen molar-refractivity contribution in [2.24, 2.45) is 0 Å². The predicted octanol–water partition coefficient (Wildman–Crippen LogP) is 9.27. The first-order valence-electron chi connectivity index (χ1n) is 15.7. The van der Waals surface area contributed by atoms with E-state index in [0.29, 0.717) is 67.0 Å². The second-order valence-corrected chi connectivity index (χ2v) is 12.8. The van der Waals surface area contributed by atoms with Crippen molar-refractivity contribution in [1.29, 1.82) is 0 Å². The summed E-state index contributed by atoms with van der Waals surface area (Å²) >= 11 is 14.4. The Morgan fingerprint density at radius 3 is 1.08 bits per heavy atom. The highest BCUT2D eigenvalue weighted by molar-refractivity contribution is 6.63. The van der Waals surface area contributed by atoms with Crippen molar-refractivity contribution in [3.63, 3.8) is 0 Å². The summed E-state index contributed by atoms with van der Waals surface area (Å²) in [6, 6.07) is 16.4. The van der Waals surface area contributed by atoms with E-state index < -0.39 is 4.30 Å². The SMILES string of the molecule is CCOc1ccc2cc1Cc1c(OC)cc(OC)c(c1OC)Cc1c(OC)cc(OC)c(c1OC)Cc1cc-2ccc1OCC.ClC(Cl)Cl. The van der Waals surface area contributed by atoms with Crippen molar-refractivity contribution in [3.05, 3.63) is 81.9 Å². The zero-order valence-electron chi connectivity index (χ0n) is 29.1. The fraction of sp³-hybridized carbons (Fsp3) is 0.368. The van der Waals surface area contributed by atoms with Crippen LogP contribution in [0.5, 0.6) is 46.0 Å². The summed E-state index contributed by atoms with van der Waals surface area (Å²) in [6.45, 7) is 5.06. The van der Waals surface area contributed by atoms with Gasteiger partial charge in [0.2, 0.25) is 0 Å². The van der Waals surface area contributed by atoms with Crippen LogP contribution in [0, 0.1) is 0 Å². The second-order valence-electron chi connectivity index (χ2n) is 10.8. The van der Waals surface area contributed by atoms with Crippen LogP contribution in [0.4, 0.5) is 0 Å². The van der Waals surface area contributed by atoms with Gasteiger partial charge in [-0.15, -0.1) is 0 Å². The van der Waals surface area contributed by atoms with Gasteiger partial charge in [0.25, 0.3) is 0 Å². The molecule has 0 heterocycles. The Morgan fingerprint density at radius 2 is 0.796 bits per heavy atom. The van der Waals surface area contributed by atoms with Crippen LogP contribution < -0.4 is 37.9 Å². The van der Waals surface area contributed by atoms with Crippen LogP contribution in [0.3, 0.4) is 0 Å². The Kier molecular flexibility index (Phi) is 13.7. The van der Waals surface area contributed by atoms with Gasteiger partial charge >= 0.3 is 0 Å². The molecule has 0 aromatic heterocycles. The number of ether oxygens (including phenoxy) is 8. The van der Waals surface area contributed by atoms with Gasteiger partial charge in [-0.1, -0.05) is 46.9 Å². The van der Waals surface area contributed by atoms with Crippen molar-refractivity contribution in [2.45, 2.75) is 37.4 Å². The molecule has 1 aliphatic rings. The molecule has 0 unspecified atom stereocenters. The summed E-state index contributed by atoms with van der Waals surface area (Å²) in [5.74, 6) is 5.49. The first-order valence-corrected chi connectivity index (χ1v) is 17.0. The molecule has 0 atom stereocenters. The van der Waals surface area contributed by atoms with E-state index in [1.165, 1.54) is 0 Å². The topological polar surface area (TPSA) is 73.8 Å². The Hall–Kier alpha value is -3.85. The van der Waals surface area contributed by atoms with Crippen LogP contribution in [-0.4, -0.2) is 60.2 Å². The van der Waals surface area contributed by atoms with Crippen molar-refractivity contribution in [1.82, 2.24) is 0 Å². The number of alkyl halides is 3. The van der Waals surface area contributed by atoms with E-state index in [1.807, 2.05) is 38.1 Å². The number of hydrogen-bond donors (Lipinski definition) is 0. The molecular weight excluding hydrogens is 691 g/mol. The van der Waals surface area contributed by atoms with E-state index in [9.17, 15) is 0 Å². The lowest BCUT2D eigenvalue weighted by Crippen LogP contribution is -2.09. The number of halogens is 3. The molecule has 0 saturated heterocycles. The zero-order valence-corrected chi connectivity index (χ0v) is 31.4. The van der Waals surface area contributed by atoms with E-state index in [1.54, 1.807) is 42.7 Å². The van der Waals surface area contributed by atoms with Gasteiger partial charge in [-0.3, -0.25) is 0 Å². The molecule has 0 saturated carbocycles. The molecule has 1 aliphatic carbocycles. The van der Waals surface area contributed by atoms with Crippen LogP contribution in [0.2, 0.25) is 0 Å². The van der Waals surface area contributed by atoms with E-state index in [2.05, 4.69) is 24.3 Å². The maximum Gasteiger partial charge on any atom is 0.180 e. The third-order valence-electron chi connectivity index (χ3n) is 8.24. The normalized spacial score (nSPS) is 11.7. The molecule has 264 valence electrons. The van der Waals surface area contributed by atoms with Crippen LogP contribution in [0.15, 0.2) is 48.5 Å². The van der Waals surface area contributed by atoms with Gasteiger partial charge in [-0.25, -0.2) is 0 Å². The van der Waals surface area contributed by atoms with Gasteiger partial charge in [0.1, 0.15) is 46.0 Å². The summed E-state index contributed by atoms with van der Waals surface area (Å²) < 4.78 is 47.6. The third kappa shape index (κ3) is 8.48. The fourth-order valence-corrected chi connectivity index (χ4v) is 6.23. The molecule has 11 heteroatoms. The minimum Gasteiger partial charge on any atom is -0.496 e. The zero-order chi connectivity index (χ0) is 35.7. The Labute approximate surface area is 304 Å². The molecule has 4 aromatic carbocycles. The van der Waals surface area contributed by atoms with Gasteiger partial charge in [0, 0.05) is 53.6 Å². The first kappa shape index (κ1) is 38.0. The Bertz CT molecular complexity index is 1620. The maximum absolute atomic E-state index is 6.18. The quantitative estimate of drug-likeness (QED) is 0.132. The molecule has 4 aromatic rings. The predicted molar refractivity (Wildman–Crippen MR) is 196 cm³/mol. The van der Waals surface area contributed by atoms with Crippen LogP contribution >= 0.6 is 34.8 Å². The number of hydrogen-bond acceptors (Lipinski definition) is 8. The molecule has 0 N–H and O–H groups in total. The first-order chi connectivity index (χ1) is 23.7. The third-order valence-corrected chi connectivity index (χ3v) is 8.24. The van der Waals surface area contributed by atoms with Crippen molar-refractivity contribution >= 4 is 34.8 Å². The monoisotopic (exact) mass is 732 g/mol. The van der Waals surface area contributed by atoms with Crippen molar-refractivity contribution < 1.29 is 37.9 Å². The molecule has 0 radical (unpaired) electrons. The van der Waals surface area contributed by atoms with Crippen LogP contribution in [-0.2, 0) is 19.3 Å². The van der Waals surface area contributed by atoms with Crippen LogP contribution in [0.1, 0.15) is 47.2 Å². The highest BCUT2D eigenvalue weighted by atomic mass is 35.6. The molecule has 5 rings (SSSR count). The lowest BCUT2D eigenvalue weighted by molar-refractivity contribution is 0.336. The van der Waals surface area contributed by atoms with E-state index in [-0.39, 0.29) is 0 Å². The molecular formula is C38H43Cl3O8. The van der Waals surface area contributed by atoms with Gasteiger partial charge in [0.05, 0.1) is 55.9 Å². The summed E-state index contributed by atoms with van der Waals surface area (Å²) in [5.41, 5.74) is 7.54. The maximum atomic E-state index is 6.18. The van der Waals surface area contributed by atoms with Gasteiger partial charge < -0.3 is 37.9 Å². The van der Waals surface area contributed by atoms with Gasteiger partial charge in [-0.05, 0) is 60.4 Å². The summed E-state index contributed by atoms with van der Waals surface area (Å²) in [4.78, 5) is 0. The van der Waals surface area contributed by atoms with E-state index in [0.717, 1.165) is 56.0 Å². The van der Waals surface area contributed by atoms with Gasteiger partial charge in [0.15, 0.2) is 4.30 Å². The number of rotatable bonds is 10.